The summed E-state index contributed by atoms with van der Waals surface area (Å²) < 4.78 is 7.35. The number of rotatable bonds is 5. The molecule has 1 fully saturated rings. The van der Waals surface area contributed by atoms with Crippen LogP contribution in [0.3, 0.4) is 0 Å². The molecule has 2 aromatic carbocycles. The third-order valence-electron chi connectivity index (χ3n) is 5.71. The first-order chi connectivity index (χ1) is 15.2. The van der Waals surface area contributed by atoms with Crippen LogP contribution in [0.1, 0.15) is 25.3 Å². The standard InChI is InChI=1S/C25H27N5O/c1-18(2)19-5-3-6-20(17-19)23-7-4-8-24-27-25(28-30(23)24)26-21-9-11-22(12-10-21)29-13-15-31-16-14-29/h3-12,17-18H,13-16H2,1-2H3,(H,26,28). The molecule has 3 heterocycles. The van der Waals surface area contributed by atoms with Gasteiger partial charge in [-0.3, -0.25) is 0 Å². The lowest BCUT2D eigenvalue weighted by molar-refractivity contribution is 0.122. The zero-order chi connectivity index (χ0) is 21.2. The molecule has 0 atom stereocenters. The van der Waals surface area contributed by atoms with Crippen LogP contribution < -0.4 is 10.2 Å². The van der Waals surface area contributed by atoms with Crippen LogP contribution in [-0.4, -0.2) is 40.9 Å². The molecule has 2 aromatic heterocycles. The number of nitrogens with one attached hydrogen (secondary N) is 1. The van der Waals surface area contributed by atoms with Gasteiger partial charge in [-0.2, -0.15) is 4.98 Å². The highest BCUT2D eigenvalue weighted by Gasteiger charge is 2.12. The molecular formula is C25H27N5O. The molecule has 0 saturated carbocycles. The van der Waals surface area contributed by atoms with Crippen molar-refractivity contribution in [2.45, 2.75) is 19.8 Å². The summed E-state index contributed by atoms with van der Waals surface area (Å²) in [7, 11) is 0. The van der Waals surface area contributed by atoms with Crippen molar-refractivity contribution in [1.29, 1.82) is 0 Å². The van der Waals surface area contributed by atoms with Crippen molar-refractivity contribution in [3.8, 4) is 11.3 Å². The highest BCUT2D eigenvalue weighted by molar-refractivity contribution is 5.66. The molecule has 6 nitrogen and oxygen atoms in total. The van der Waals surface area contributed by atoms with E-state index in [1.807, 2.05) is 16.6 Å². The zero-order valence-electron chi connectivity index (χ0n) is 18.0. The number of ether oxygens (including phenoxy) is 1. The van der Waals surface area contributed by atoms with E-state index >= 15 is 0 Å². The fraction of sp³-hybridized carbons (Fsp3) is 0.280. The number of benzene rings is 2. The minimum Gasteiger partial charge on any atom is -0.378 e. The van der Waals surface area contributed by atoms with Gasteiger partial charge in [-0.25, -0.2) is 4.52 Å². The van der Waals surface area contributed by atoms with E-state index in [0.717, 1.165) is 48.9 Å². The molecule has 0 amide bonds. The molecule has 0 radical (unpaired) electrons. The minimum atomic E-state index is 0.479. The summed E-state index contributed by atoms with van der Waals surface area (Å²) in [5, 5.41) is 8.08. The van der Waals surface area contributed by atoms with E-state index in [-0.39, 0.29) is 0 Å². The highest BCUT2D eigenvalue weighted by Crippen LogP contribution is 2.26. The fourth-order valence-corrected chi connectivity index (χ4v) is 3.94. The molecule has 0 spiro atoms. The van der Waals surface area contributed by atoms with Crippen LogP contribution in [0.2, 0.25) is 0 Å². The summed E-state index contributed by atoms with van der Waals surface area (Å²) in [4.78, 5) is 7.02. The Bertz CT molecular complexity index is 1180. The first-order valence-electron chi connectivity index (χ1n) is 10.8. The van der Waals surface area contributed by atoms with E-state index in [9.17, 15) is 0 Å². The second-order valence-electron chi connectivity index (χ2n) is 8.17. The van der Waals surface area contributed by atoms with Gasteiger partial charge in [0, 0.05) is 30.0 Å². The van der Waals surface area contributed by atoms with Crippen LogP contribution in [0, 0.1) is 0 Å². The first kappa shape index (κ1) is 19.6. The SMILES string of the molecule is CC(C)c1cccc(-c2cccc3nc(Nc4ccc(N5CCOCC5)cc4)nn23)c1. The van der Waals surface area contributed by atoms with Gasteiger partial charge in [0.05, 0.1) is 18.9 Å². The third-order valence-corrected chi connectivity index (χ3v) is 5.71. The highest BCUT2D eigenvalue weighted by atomic mass is 16.5. The first-order valence-corrected chi connectivity index (χ1v) is 10.8. The van der Waals surface area contributed by atoms with E-state index in [1.165, 1.54) is 11.3 Å². The number of hydrogen-bond donors (Lipinski definition) is 1. The van der Waals surface area contributed by atoms with Gasteiger partial charge < -0.3 is 15.0 Å². The van der Waals surface area contributed by atoms with Gasteiger partial charge in [0.1, 0.15) is 0 Å². The summed E-state index contributed by atoms with van der Waals surface area (Å²) in [5.41, 5.74) is 6.49. The molecule has 0 bridgehead atoms. The summed E-state index contributed by atoms with van der Waals surface area (Å²) in [5.74, 6) is 1.07. The predicted octanol–water partition coefficient (Wildman–Crippen LogP) is 5.10. The topological polar surface area (TPSA) is 54.7 Å². The fourth-order valence-electron chi connectivity index (χ4n) is 3.94. The lowest BCUT2D eigenvalue weighted by Crippen LogP contribution is -2.36. The average molecular weight is 414 g/mol. The van der Waals surface area contributed by atoms with Crippen molar-refractivity contribution in [1.82, 2.24) is 14.6 Å². The molecule has 6 heteroatoms. The second kappa shape index (κ2) is 8.40. The van der Waals surface area contributed by atoms with Gasteiger partial charge in [0.25, 0.3) is 0 Å². The summed E-state index contributed by atoms with van der Waals surface area (Å²) in [6.45, 7) is 7.85. The molecule has 1 aliphatic heterocycles. The number of aromatic nitrogens is 3. The van der Waals surface area contributed by atoms with Crippen LogP contribution >= 0.6 is 0 Å². The third kappa shape index (κ3) is 4.11. The van der Waals surface area contributed by atoms with E-state index in [0.29, 0.717) is 11.9 Å². The summed E-state index contributed by atoms with van der Waals surface area (Å²) >= 11 is 0. The number of anilines is 3. The number of morpholine rings is 1. The Labute approximate surface area is 182 Å². The molecule has 5 rings (SSSR count). The van der Waals surface area contributed by atoms with Crippen LogP contribution in [0.4, 0.5) is 17.3 Å². The van der Waals surface area contributed by atoms with Crippen molar-refractivity contribution in [2.24, 2.45) is 0 Å². The second-order valence-corrected chi connectivity index (χ2v) is 8.17. The quantitative estimate of drug-likeness (QED) is 0.493. The molecule has 0 aliphatic carbocycles. The Morgan fingerprint density at radius 2 is 1.71 bits per heavy atom. The van der Waals surface area contributed by atoms with Crippen LogP contribution in [-0.2, 0) is 4.74 Å². The van der Waals surface area contributed by atoms with Crippen molar-refractivity contribution >= 4 is 23.0 Å². The van der Waals surface area contributed by atoms with Gasteiger partial charge in [-0.15, -0.1) is 5.10 Å². The normalized spacial score (nSPS) is 14.4. The maximum atomic E-state index is 5.44. The summed E-state index contributed by atoms with van der Waals surface area (Å²) in [6, 6.07) is 23.1. The van der Waals surface area contributed by atoms with Gasteiger partial charge in [-0.05, 0) is 53.9 Å². The number of hydrogen-bond acceptors (Lipinski definition) is 5. The number of fused-ring (bicyclic) bond motifs is 1. The van der Waals surface area contributed by atoms with Gasteiger partial charge in [0.2, 0.25) is 5.95 Å². The molecule has 4 aromatic rings. The minimum absolute atomic E-state index is 0.479. The summed E-state index contributed by atoms with van der Waals surface area (Å²) in [6.07, 6.45) is 0. The van der Waals surface area contributed by atoms with E-state index in [2.05, 4.69) is 83.6 Å². The van der Waals surface area contributed by atoms with Crippen LogP contribution in [0.15, 0.2) is 66.7 Å². The van der Waals surface area contributed by atoms with E-state index < -0.39 is 0 Å². The van der Waals surface area contributed by atoms with Gasteiger partial charge in [0.15, 0.2) is 5.65 Å². The van der Waals surface area contributed by atoms with Gasteiger partial charge in [-0.1, -0.05) is 38.1 Å². The van der Waals surface area contributed by atoms with E-state index in [4.69, 9.17) is 9.84 Å². The Morgan fingerprint density at radius 3 is 2.48 bits per heavy atom. The molecule has 1 aliphatic rings. The molecule has 31 heavy (non-hydrogen) atoms. The monoisotopic (exact) mass is 413 g/mol. The number of nitrogens with zero attached hydrogens (tertiary/aromatic N) is 4. The Balaban J connectivity index is 1.40. The van der Waals surface area contributed by atoms with Crippen molar-refractivity contribution < 1.29 is 4.74 Å². The van der Waals surface area contributed by atoms with E-state index in [1.54, 1.807) is 0 Å². The maximum Gasteiger partial charge on any atom is 0.247 e. The molecule has 1 N–H and O–H groups in total. The molecule has 158 valence electrons. The van der Waals surface area contributed by atoms with Crippen molar-refractivity contribution in [3.05, 3.63) is 72.3 Å². The van der Waals surface area contributed by atoms with Crippen LogP contribution in [0.5, 0.6) is 0 Å². The Morgan fingerprint density at radius 1 is 0.935 bits per heavy atom. The molecular weight excluding hydrogens is 386 g/mol. The lowest BCUT2D eigenvalue weighted by atomic mass is 9.99. The molecule has 1 saturated heterocycles. The maximum absolute atomic E-state index is 5.44. The van der Waals surface area contributed by atoms with Crippen molar-refractivity contribution in [2.75, 3.05) is 36.5 Å². The predicted molar refractivity (Wildman–Crippen MR) is 125 cm³/mol. The largest absolute Gasteiger partial charge is 0.378 e. The average Bonchev–Trinajstić information content (AvgIpc) is 3.22. The Kier molecular flexibility index (Phi) is 5.30. The van der Waals surface area contributed by atoms with Gasteiger partial charge >= 0.3 is 0 Å². The number of pyridine rings is 1. The van der Waals surface area contributed by atoms with Crippen LogP contribution in [0.25, 0.3) is 16.9 Å². The zero-order valence-corrected chi connectivity index (χ0v) is 18.0. The molecule has 0 unspecified atom stereocenters. The smallest absolute Gasteiger partial charge is 0.247 e. The Hall–Kier alpha value is -3.38. The lowest BCUT2D eigenvalue weighted by Gasteiger charge is -2.28. The van der Waals surface area contributed by atoms with Crippen molar-refractivity contribution in [3.63, 3.8) is 0 Å².